The van der Waals surface area contributed by atoms with Crippen LogP contribution < -0.4 is 5.32 Å². The van der Waals surface area contributed by atoms with E-state index in [1.807, 2.05) is 18.2 Å². The van der Waals surface area contributed by atoms with Gasteiger partial charge in [0.1, 0.15) is 11.3 Å². The van der Waals surface area contributed by atoms with Gasteiger partial charge >= 0.3 is 0 Å². The van der Waals surface area contributed by atoms with Crippen molar-refractivity contribution < 1.29 is 9.18 Å². The fraction of sp³-hybridized carbons (Fsp3) is 0.333. The van der Waals surface area contributed by atoms with Crippen LogP contribution in [0.4, 0.5) is 10.1 Å². The molecule has 0 unspecified atom stereocenters. The van der Waals surface area contributed by atoms with Crippen LogP contribution in [0.3, 0.4) is 0 Å². The second-order valence-electron chi connectivity index (χ2n) is 8.57. The second-order valence-corrected chi connectivity index (χ2v) is 8.57. The van der Waals surface area contributed by atoms with Crippen molar-refractivity contribution in [1.82, 2.24) is 4.98 Å². The Morgan fingerprint density at radius 2 is 1.82 bits per heavy atom. The van der Waals surface area contributed by atoms with E-state index in [-0.39, 0.29) is 23.1 Å². The molecule has 3 rings (SSSR count). The van der Waals surface area contributed by atoms with Gasteiger partial charge in [0.05, 0.1) is 11.4 Å². The Kier molecular flexibility index (Phi) is 5.78. The van der Waals surface area contributed by atoms with Crippen molar-refractivity contribution in [3.63, 3.8) is 0 Å². The minimum absolute atomic E-state index is 0.0244. The van der Waals surface area contributed by atoms with Crippen molar-refractivity contribution in [3.8, 4) is 0 Å². The number of hydrogen-bond acceptors (Lipinski definition) is 2. The molecule has 1 heterocycles. The summed E-state index contributed by atoms with van der Waals surface area (Å²) in [5.41, 5.74) is 2.74. The summed E-state index contributed by atoms with van der Waals surface area (Å²) < 4.78 is 14.0. The molecule has 0 fully saturated rings. The van der Waals surface area contributed by atoms with Gasteiger partial charge in [-0.25, -0.2) is 9.37 Å². The summed E-state index contributed by atoms with van der Waals surface area (Å²) in [6, 6.07) is 16.7. The summed E-state index contributed by atoms with van der Waals surface area (Å²) in [6.45, 7) is 8.22. The van der Waals surface area contributed by atoms with Crippen LogP contribution in [0.15, 0.2) is 54.6 Å². The van der Waals surface area contributed by atoms with Crippen LogP contribution in [-0.4, -0.2) is 10.9 Å². The van der Waals surface area contributed by atoms with E-state index in [2.05, 4.69) is 43.2 Å². The lowest BCUT2D eigenvalue weighted by Crippen LogP contribution is -2.29. The minimum Gasteiger partial charge on any atom is -0.324 e. The number of halogens is 1. The van der Waals surface area contributed by atoms with E-state index in [0.717, 1.165) is 12.0 Å². The van der Waals surface area contributed by atoms with Crippen molar-refractivity contribution in [2.45, 2.75) is 40.5 Å². The normalized spacial score (nSPS) is 12.8. The number of nitrogens with one attached hydrogen (secondary N) is 1. The Bertz CT molecular complexity index is 977. The molecule has 0 radical (unpaired) electrons. The molecule has 0 aliphatic rings. The van der Waals surface area contributed by atoms with Gasteiger partial charge in [0, 0.05) is 11.3 Å². The third-order valence-corrected chi connectivity index (χ3v) is 4.80. The number of anilines is 1. The molecule has 0 saturated carbocycles. The Morgan fingerprint density at radius 3 is 2.50 bits per heavy atom. The lowest BCUT2D eigenvalue weighted by molar-refractivity contribution is -0.120. The van der Waals surface area contributed by atoms with Gasteiger partial charge in [0.15, 0.2) is 0 Å². The summed E-state index contributed by atoms with van der Waals surface area (Å²) in [4.78, 5) is 17.5. The zero-order valence-electron chi connectivity index (χ0n) is 16.9. The topological polar surface area (TPSA) is 42.0 Å². The number of carbonyl (C=O) groups is 1. The van der Waals surface area contributed by atoms with Crippen LogP contribution >= 0.6 is 0 Å². The van der Waals surface area contributed by atoms with Crippen molar-refractivity contribution in [3.05, 3.63) is 71.7 Å². The van der Waals surface area contributed by atoms with E-state index in [9.17, 15) is 9.18 Å². The number of para-hydroxylation sites is 1. The van der Waals surface area contributed by atoms with E-state index in [0.29, 0.717) is 28.7 Å². The molecule has 3 aromatic rings. The minimum atomic E-state index is -0.354. The van der Waals surface area contributed by atoms with Gasteiger partial charge in [-0.3, -0.25) is 4.79 Å². The number of nitrogens with zero attached hydrogens (tertiary/aromatic N) is 1. The van der Waals surface area contributed by atoms with Gasteiger partial charge in [-0.1, -0.05) is 63.2 Å². The van der Waals surface area contributed by atoms with Crippen LogP contribution in [0.5, 0.6) is 0 Å². The molecule has 0 aliphatic heterocycles. The smallest absolute Gasteiger partial charge is 0.227 e. The summed E-state index contributed by atoms with van der Waals surface area (Å²) in [7, 11) is 0. The number of fused-ring (bicyclic) bond motifs is 1. The van der Waals surface area contributed by atoms with Gasteiger partial charge in [0.2, 0.25) is 5.91 Å². The highest BCUT2D eigenvalue weighted by Gasteiger charge is 2.26. The SMILES string of the molecule is Cc1nc2c(F)cccc2cc1NC(=O)[C@H](Cc1ccccc1)CC(C)(C)C. The fourth-order valence-corrected chi connectivity index (χ4v) is 3.51. The number of pyridine rings is 1. The van der Waals surface area contributed by atoms with Crippen molar-refractivity contribution >= 4 is 22.5 Å². The molecule has 0 saturated heterocycles. The molecular formula is C24H27FN2O. The molecule has 0 bridgehead atoms. The molecule has 1 N–H and O–H groups in total. The zero-order valence-corrected chi connectivity index (χ0v) is 16.9. The average Bonchev–Trinajstić information content (AvgIpc) is 2.62. The van der Waals surface area contributed by atoms with Crippen LogP contribution in [0.25, 0.3) is 10.9 Å². The number of carbonyl (C=O) groups excluding carboxylic acids is 1. The molecule has 1 atom stereocenters. The molecule has 0 spiro atoms. The zero-order chi connectivity index (χ0) is 20.3. The first-order chi connectivity index (χ1) is 13.2. The molecule has 2 aromatic carbocycles. The molecule has 4 heteroatoms. The van der Waals surface area contributed by atoms with Gasteiger partial charge in [0.25, 0.3) is 0 Å². The first kappa shape index (κ1) is 20.0. The number of aryl methyl sites for hydroxylation is 1. The maximum atomic E-state index is 14.0. The lowest BCUT2D eigenvalue weighted by Gasteiger charge is -2.26. The summed E-state index contributed by atoms with van der Waals surface area (Å²) in [6.07, 6.45) is 1.45. The Morgan fingerprint density at radius 1 is 1.11 bits per heavy atom. The summed E-state index contributed by atoms with van der Waals surface area (Å²) in [5, 5.41) is 3.72. The number of amides is 1. The molecule has 0 aliphatic carbocycles. The molecule has 3 nitrogen and oxygen atoms in total. The average molecular weight is 378 g/mol. The van der Waals surface area contributed by atoms with Crippen LogP contribution in [0, 0.1) is 24.1 Å². The monoisotopic (exact) mass is 378 g/mol. The number of rotatable bonds is 5. The number of benzene rings is 2. The van der Waals surface area contributed by atoms with Crippen molar-refractivity contribution in [2.75, 3.05) is 5.32 Å². The Balaban J connectivity index is 1.86. The number of aromatic nitrogens is 1. The van der Waals surface area contributed by atoms with E-state index in [1.54, 1.807) is 25.1 Å². The Hall–Kier alpha value is -2.75. The molecule has 146 valence electrons. The van der Waals surface area contributed by atoms with Crippen LogP contribution in [-0.2, 0) is 11.2 Å². The van der Waals surface area contributed by atoms with E-state index in [4.69, 9.17) is 0 Å². The molecular weight excluding hydrogens is 351 g/mol. The highest BCUT2D eigenvalue weighted by molar-refractivity contribution is 5.95. The third-order valence-electron chi connectivity index (χ3n) is 4.80. The maximum absolute atomic E-state index is 14.0. The first-order valence-corrected chi connectivity index (χ1v) is 9.63. The first-order valence-electron chi connectivity index (χ1n) is 9.63. The molecule has 28 heavy (non-hydrogen) atoms. The maximum Gasteiger partial charge on any atom is 0.227 e. The lowest BCUT2D eigenvalue weighted by atomic mass is 9.81. The fourth-order valence-electron chi connectivity index (χ4n) is 3.51. The van der Waals surface area contributed by atoms with Crippen LogP contribution in [0.1, 0.15) is 38.4 Å². The predicted molar refractivity (Wildman–Crippen MR) is 113 cm³/mol. The van der Waals surface area contributed by atoms with E-state index >= 15 is 0 Å². The van der Waals surface area contributed by atoms with Gasteiger partial charge < -0.3 is 5.32 Å². The second kappa shape index (κ2) is 8.09. The largest absolute Gasteiger partial charge is 0.324 e. The summed E-state index contributed by atoms with van der Waals surface area (Å²) in [5.74, 6) is -0.544. The van der Waals surface area contributed by atoms with Gasteiger partial charge in [-0.15, -0.1) is 0 Å². The third kappa shape index (κ3) is 4.94. The standard InChI is InChI=1S/C24H27FN2O/c1-16-21(14-18-11-8-12-20(25)22(18)26-16)27-23(28)19(15-24(2,3)4)13-17-9-6-5-7-10-17/h5-12,14,19H,13,15H2,1-4H3,(H,27,28)/t19-/m1/s1. The quantitative estimate of drug-likeness (QED) is 0.599. The number of hydrogen-bond donors (Lipinski definition) is 1. The van der Waals surface area contributed by atoms with Gasteiger partial charge in [-0.05, 0) is 42.9 Å². The van der Waals surface area contributed by atoms with Crippen molar-refractivity contribution in [1.29, 1.82) is 0 Å². The summed E-state index contributed by atoms with van der Waals surface area (Å²) >= 11 is 0. The molecule has 1 amide bonds. The van der Waals surface area contributed by atoms with E-state index < -0.39 is 0 Å². The highest BCUT2D eigenvalue weighted by Crippen LogP contribution is 2.29. The van der Waals surface area contributed by atoms with Gasteiger partial charge in [-0.2, -0.15) is 0 Å². The Labute approximate surface area is 166 Å². The highest BCUT2D eigenvalue weighted by atomic mass is 19.1. The van der Waals surface area contributed by atoms with Crippen LogP contribution in [0.2, 0.25) is 0 Å². The predicted octanol–water partition coefficient (Wildman–Crippen LogP) is 5.92. The van der Waals surface area contributed by atoms with E-state index in [1.165, 1.54) is 6.07 Å². The molecule has 1 aromatic heterocycles. The van der Waals surface area contributed by atoms with Crippen molar-refractivity contribution in [2.24, 2.45) is 11.3 Å².